The van der Waals surface area contributed by atoms with Gasteiger partial charge in [0, 0.05) is 16.2 Å². The number of benzene rings is 1. The molecule has 108 valence electrons. The number of nitrogens with two attached hydrogens (primary N) is 1. The van der Waals surface area contributed by atoms with Crippen LogP contribution in [0.2, 0.25) is 0 Å². The molecule has 6 heteroatoms. The van der Waals surface area contributed by atoms with Crippen LogP contribution in [0.5, 0.6) is 0 Å². The monoisotopic (exact) mass is 291 g/mol. The first-order valence-corrected chi connectivity index (χ1v) is 6.11. The standard InChI is InChI=1S/C15H15N3O3/c1-8-17-11-4-2-3-10(16)14(11)15(21)18(8)12-6-5-9(19)7-13(12)20/h2-4,12H,5-7,16H2,1H3/i1D,2D,3D,6D2,12D. The fourth-order valence-electron chi connectivity index (χ4n) is 2.23. The predicted molar refractivity (Wildman–Crippen MR) is 78.1 cm³/mol. The van der Waals surface area contributed by atoms with Crippen molar-refractivity contribution in [2.45, 2.75) is 32.1 Å². The molecule has 1 atom stereocenters. The first kappa shape index (κ1) is 8.07. The number of aromatic nitrogens is 2. The van der Waals surface area contributed by atoms with Crippen LogP contribution in [0.3, 0.4) is 0 Å². The van der Waals surface area contributed by atoms with E-state index in [0.29, 0.717) is 4.57 Å². The number of hydrogen-bond acceptors (Lipinski definition) is 5. The summed E-state index contributed by atoms with van der Waals surface area (Å²) in [7, 11) is 0. The van der Waals surface area contributed by atoms with E-state index < -0.39 is 55.3 Å². The molecule has 0 radical (unpaired) electrons. The van der Waals surface area contributed by atoms with Gasteiger partial charge in [0.15, 0.2) is 5.78 Å². The van der Waals surface area contributed by atoms with Crippen molar-refractivity contribution in [3.8, 4) is 0 Å². The number of carbonyl (C=O) groups is 2. The molecule has 1 aromatic heterocycles. The highest BCUT2D eigenvalue weighted by Gasteiger charge is 2.30. The van der Waals surface area contributed by atoms with Gasteiger partial charge in [0.2, 0.25) is 0 Å². The number of nitrogens with zero attached hydrogens (tertiary/aromatic N) is 2. The number of fused-ring (bicyclic) bond motifs is 1. The van der Waals surface area contributed by atoms with Crippen LogP contribution in [0.4, 0.5) is 5.69 Å². The Labute approximate surface area is 129 Å². The van der Waals surface area contributed by atoms with Gasteiger partial charge in [0.05, 0.1) is 27.5 Å². The fourth-order valence-corrected chi connectivity index (χ4v) is 2.23. The lowest BCUT2D eigenvalue weighted by atomic mass is 9.92. The van der Waals surface area contributed by atoms with E-state index in [1.54, 1.807) is 0 Å². The second-order valence-electron chi connectivity index (χ2n) is 4.60. The zero-order chi connectivity index (χ0) is 20.3. The van der Waals surface area contributed by atoms with Crippen LogP contribution in [-0.4, -0.2) is 21.1 Å². The van der Waals surface area contributed by atoms with Crippen molar-refractivity contribution in [3.05, 3.63) is 34.3 Å². The molecule has 1 aromatic carbocycles. The minimum Gasteiger partial charge on any atom is -0.398 e. The molecule has 0 aliphatic heterocycles. The van der Waals surface area contributed by atoms with Crippen LogP contribution in [0.1, 0.15) is 39.3 Å². The van der Waals surface area contributed by atoms with Crippen LogP contribution >= 0.6 is 0 Å². The summed E-state index contributed by atoms with van der Waals surface area (Å²) in [6.45, 7) is -0.654. The molecule has 1 heterocycles. The van der Waals surface area contributed by atoms with Gasteiger partial charge in [-0.15, -0.1) is 0 Å². The molecule has 1 unspecified atom stereocenters. The maximum absolute atomic E-state index is 13.1. The lowest BCUT2D eigenvalue weighted by molar-refractivity contribution is -0.132. The van der Waals surface area contributed by atoms with Crippen molar-refractivity contribution in [2.75, 3.05) is 5.73 Å². The van der Waals surface area contributed by atoms with E-state index in [2.05, 4.69) is 4.98 Å². The summed E-state index contributed by atoms with van der Waals surface area (Å²) in [4.78, 5) is 41.3. The number of hydrogen-bond donors (Lipinski definition) is 1. The van der Waals surface area contributed by atoms with E-state index >= 15 is 0 Å². The van der Waals surface area contributed by atoms with E-state index in [4.69, 9.17) is 14.0 Å². The van der Waals surface area contributed by atoms with E-state index in [9.17, 15) is 14.4 Å². The fraction of sp³-hybridized carbons (Fsp3) is 0.333. The van der Waals surface area contributed by atoms with Gasteiger partial charge in [-0.25, -0.2) is 4.98 Å². The average Bonchev–Trinajstić information content (AvgIpc) is 2.56. The minimum atomic E-state index is -2.80. The molecule has 21 heavy (non-hydrogen) atoms. The van der Waals surface area contributed by atoms with Gasteiger partial charge in [-0.1, -0.05) is 6.04 Å². The number of carbonyl (C=O) groups excluding carboxylic acids is 2. The van der Waals surface area contributed by atoms with Crippen molar-refractivity contribution in [1.82, 2.24) is 9.55 Å². The third-order valence-electron chi connectivity index (χ3n) is 3.16. The molecular formula is C15H15N3O3. The molecule has 1 aliphatic carbocycles. The highest BCUT2D eigenvalue weighted by Crippen LogP contribution is 2.24. The first-order chi connectivity index (χ1) is 12.5. The van der Waals surface area contributed by atoms with Gasteiger partial charge >= 0.3 is 0 Å². The minimum absolute atomic E-state index is 0.0829. The maximum Gasteiger partial charge on any atom is 0.264 e. The van der Waals surface area contributed by atoms with Crippen molar-refractivity contribution in [3.63, 3.8) is 0 Å². The number of ketones is 2. The van der Waals surface area contributed by atoms with Crippen LogP contribution < -0.4 is 11.3 Å². The molecule has 6 nitrogen and oxygen atoms in total. The maximum atomic E-state index is 13.1. The molecule has 0 amide bonds. The molecular weight excluding hydrogens is 270 g/mol. The van der Waals surface area contributed by atoms with Crippen LogP contribution in [0.15, 0.2) is 22.9 Å². The quantitative estimate of drug-likeness (QED) is 0.628. The van der Waals surface area contributed by atoms with Gasteiger partial charge in [0.25, 0.3) is 5.56 Å². The van der Waals surface area contributed by atoms with Gasteiger partial charge in [-0.05, 0) is 25.4 Å². The van der Waals surface area contributed by atoms with Crippen molar-refractivity contribution >= 4 is 28.2 Å². The second-order valence-corrected chi connectivity index (χ2v) is 4.60. The van der Waals surface area contributed by atoms with E-state index in [1.807, 2.05) is 0 Å². The van der Waals surface area contributed by atoms with Gasteiger partial charge in [-0.2, -0.15) is 0 Å². The van der Waals surface area contributed by atoms with Gasteiger partial charge in [-0.3, -0.25) is 19.0 Å². The Balaban J connectivity index is 2.47. The van der Waals surface area contributed by atoms with E-state index in [1.165, 1.54) is 0 Å². The normalized spacial score (nSPS) is 29.1. The summed E-state index contributed by atoms with van der Waals surface area (Å²) in [6.07, 6.45) is -4.17. The molecule has 0 bridgehead atoms. The third kappa shape index (κ3) is 2.12. The Morgan fingerprint density at radius 1 is 1.57 bits per heavy atom. The Bertz CT molecular complexity index is 1070. The highest BCUT2D eigenvalue weighted by molar-refractivity contribution is 6.03. The summed E-state index contributed by atoms with van der Waals surface area (Å²) in [5.74, 6) is -2.18. The number of rotatable bonds is 1. The number of anilines is 1. The molecule has 2 N–H and O–H groups in total. The molecule has 0 saturated heterocycles. The van der Waals surface area contributed by atoms with Crippen LogP contribution in [0, 0.1) is 6.90 Å². The van der Waals surface area contributed by atoms with Crippen molar-refractivity contribution < 1.29 is 17.8 Å². The molecule has 3 rings (SSSR count). The SMILES string of the molecule is [2H]Cc1nc2cc([2H])c([2H])c(N)c2c(=O)n1C1([2H])C(=O)CC(=O)CC1([2H])[2H]. The van der Waals surface area contributed by atoms with Crippen LogP contribution in [-0.2, 0) is 9.59 Å². The largest absolute Gasteiger partial charge is 0.398 e. The zero-order valence-corrected chi connectivity index (χ0v) is 10.9. The second kappa shape index (κ2) is 4.80. The topological polar surface area (TPSA) is 95.0 Å². The summed E-state index contributed by atoms with van der Waals surface area (Å²) in [5.41, 5.74) is 4.25. The summed E-state index contributed by atoms with van der Waals surface area (Å²) in [6, 6.07) is -2.44. The summed E-state index contributed by atoms with van der Waals surface area (Å²) >= 11 is 0. The van der Waals surface area contributed by atoms with E-state index in [-0.39, 0.29) is 28.5 Å². The van der Waals surface area contributed by atoms with Gasteiger partial charge in [0.1, 0.15) is 11.6 Å². The lowest BCUT2D eigenvalue weighted by Crippen LogP contribution is -2.36. The Kier molecular flexibility index (Phi) is 1.84. The lowest BCUT2D eigenvalue weighted by Gasteiger charge is -2.24. The Hall–Kier alpha value is -2.50. The molecule has 0 spiro atoms. The van der Waals surface area contributed by atoms with E-state index in [0.717, 1.165) is 6.07 Å². The molecule has 1 saturated carbocycles. The predicted octanol–water partition coefficient (Wildman–Crippen LogP) is 1.15. The zero-order valence-electron chi connectivity index (χ0n) is 16.9. The molecule has 1 aliphatic rings. The average molecular weight is 291 g/mol. The summed E-state index contributed by atoms with van der Waals surface area (Å²) in [5, 5.41) is -0.333. The Morgan fingerprint density at radius 2 is 2.38 bits per heavy atom. The van der Waals surface area contributed by atoms with Crippen molar-refractivity contribution in [1.29, 1.82) is 0 Å². The summed E-state index contributed by atoms with van der Waals surface area (Å²) < 4.78 is 48.2. The number of aryl methyl sites for hydroxylation is 1. The van der Waals surface area contributed by atoms with Crippen LogP contribution in [0.25, 0.3) is 10.9 Å². The first-order valence-electron chi connectivity index (χ1n) is 9.32. The molecule has 2 aromatic rings. The molecule has 1 fully saturated rings. The van der Waals surface area contributed by atoms with Gasteiger partial charge < -0.3 is 5.73 Å². The Morgan fingerprint density at radius 3 is 3.10 bits per heavy atom. The third-order valence-corrected chi connectivity index (χ3v) is 3.16. The smallest absolute Gasteiger partial charge is 0.264 e. The number of nitrogen functional groups attached to an aromatic ring is 1. The van der Waals surface area contributed by atoms with Crippen molar-refractivity contribution in [2.24, 2.45) is 0 Å². The number of Topliss-reactive ketones (excluding diaryl/α,β-unsaturated/α-hetero) is 2. The highest BCUT2D eigenvalue weighted by atomic mass is 16.2.